The summed E-state index contributed by atoms with van der Waals surface area (Å²) in [6.45, 7) is 2.70. The predicted molar refractivity (Wildman–Crippen MR) is 52.9 cm³/mol. The Kier molecular flexibility index (Phi) is 2.74. The molecule has 2 rings (SSSR count). The standard InChI is InChI=1S/C10H18N2O2/c13-9-7-12(6-5-11-9)8-10(14)3-1-2-4-10/h14H,1-8H2,(H,11,13). The van der Waals surface area contributed by atoms with Crippen molar-refractivity contribution >= 4 is 5.91 Å². The van der Waals surface area contributed by atoms with Gasteiger partial charge in [0.05, 0.1) is 12.1 Å². The highest BCUT2D eigenvalue weighted by Gasteiger charge is 2.34. The number of piperazine rings is 1. The molecular weight excluding hydrogens is 180 g/mol. The van der Waals surface area contributed by atoms with Gasteiger partial charge in [-0.2, -0.15) is 0 Å². The molecule has 0 aromatic rings. The number of hydrogen-bond acceptors (Lipinski definition) is 3. The number of amides is 1. The fraction of sp³-hybridized carbons (Fsp3) is 0.900. The average Bonchev–Trinajstić information content (AvgIpc) is 2.51. The summed E-state index contributed by atoms with van der Waals surface area (Å²) in [5, 5.41) is 12.9. The van der Waals surface area contributed by atoms with Crippen molar-refractivity contribution < 1.29 is 9.90 Å². The molecule has 0 radical (unpaired) electrons. The zero-order chi connectivity index (χ0) is 10.0. The number of aliphatic hydroxyl groups is 1. The van der Waals surface area contributed by atoms with Gasteiger partial charge in [0.15, 0.2) is 0 Å². The van der Waals surface area contributed by atoms with E-state index >= 15 is 0 Å². The Morgan fingerprint density at radius 1 is 1.43 bits per heavy atom. The van der Waals surface area contributed by atoms with Crippen LogP contribution in [0.2, 0.25) is 0 Å². The van der Waals surface area contributed by atoms with E-state index in [1.165, 1.54) is 0 Å². The molecule has 1 aliphatic heterocycles. The van der Waals surface area contributed by atoms with Crippen molar-refractivity contribution in [2.24, 2.45) is 0 Å². The van der Waals surface area contributed by atoms with Gasteiger partial charge in [-0.15, -0.1) is 0 Å². The van der Waals surface area contributed by atoms with Crippen LogP contribution in [0.3, 0.4) is 0 Å². The highest BCUT2D eigenvalue weighted by atomic mass is 16.3. The second-order valence-electron chi connectivity index (χ2n) is 4.49. The minimum atomic E-state index is -0.516. The lowest BCUT2D eigenvalue weighted by atomic mass is 10.0. The zero-order valence-electron chi connectivity index (χ0n) is 8.46. The maximum absolute atomic E-state index is 11.1. The molecule has 2 aliphatic rings. The Hall–Kier alpha value is -0.610. The molecule has 80 valence electrons. The van der Waals surface area contributed by atoms with Crippen molar-refractivity contribution in [2.45, 2.75) is 31.3 Å². The van der Waals surface area contributed by atoms with Crippen molar-refractivity contribution in [3.05, 3.63) is 0 Å². The van der Waals surface area contributed by atoms with E-state index < -0.39 is 5.60 Å². The number of carbonyl (C=O) groups is 1. The minimum Gasteiger partial charge on any atom is -0.389 e. The molecule has 1 saturated heterocycles. The monoisotopic (exact) mass is 198 g/mol. The number of hydrogen-bond donors (Lipinski definition) is 2. The lowest BCUT2D eigenvalue weighted by molar-refractivity contribution is -0.125. The Balaban J connectivity index is 1.86. The highest BCUT2D eigenvalue weighted by Crippen LogP contribution is 2.30. The predicted octanol–water partition coefficient (Wildman–Crippen LogP) is -0.277. The molecule has 1 saturated carbocycles. The van der Waals surface area contributed by atoms with Crippen molar-refractivity contribution in [2.75, 3.05) is 26.2 Å². The molecule has 0 atom stereocenters. The maximum Gasteiger partial charge on any atom is 0.234 e. The van der Waals surface area contributed by atoms with Crippen LogP contribution in [0, 0.1) is 0 Å². The van der Waals surface area contributed by atoms with Crippen molar-refractivity contribution in [3.8, 4) is 0 Å². The van der Waals surface area contributed by atoms with E-state index in [-0.39, 0.29) is 5.91 Å². The van der Waals surface area contributed by atoms with Crippen LogP contribution in [0.5, 0.6) is 0 Å². The Labute approximate surface area is 84.3 Å². The zero-order valence-corrected chi connectivity index (χ0v) is 8.46. The van der Waals surface area contributed by atoms with Crippen LogP contribution in [0.4, 0.5) is 0 Å². The van der Waals surface area contributed by atoms with E-state index in [0.29, 0.717) is 13.1 Å². The van der Waals surface area contributed by atoms with Gasteiger partial charge in [-0.3, -0.25) is 9.69 Å². The summed E-state index contributed by atoms with van der Waals surface area (Å²) in [7, 11) is 0. The molecule has 0 spiro atoms. The summed E-state index contributed by atoms with van der Waals surface area (Å²) in [5.41, 5.74) is -0.516. The molecule has 0 aromatic heterocycles. The first-order chi connectivity index (χ1) is 6.68. The normalized spacial score (nSPS) is 27.6. The topological polar surface area (TPSA) is 52.6 Å². The van der Waals surface area contributed by atoms with Crippen LogP contribution in [0.25, 0.3) is 0 Å². The van der Waals surface area contributed by atoms with Crippen LogP contribution < -0.4 is 5.32 Å². The molecule has 4 nitrogen and oxygen atoms in total. The van der Waals surface area contributed by atoms with Crippen LogP contribution >= 0.6 is 0 Å². The first kappa shape index (κ1) is 9.93. The van der Waals surface area contributed by atoms with Crippen molar-refractivity contribution in [1.29, 1.82) is 0 Å². The van der Waals surface area contributed by atoms with Crippen LogP contribution in [-0.4, -0.2) is 47.7 Å². The van der Waals surface area contributed by atoms with E-state index in [9.17, 15) is 9.90 Å². The van der Waals surface area contributed by atoms with Crippen LogP contribution in [0.15, 0.2) is 0 Å². The Morgan fingerprint density at radius 3 is 2.79 bits per heavy atom. The number of carbonyl (C=O) groups excluding carboxylic acids is 1. The molecular formula is C10H18N2O2. The van der Waals surface area contributed by atoms with E-state index in [2.05, 4.69) is 10.2 Å². The van der Waals surface area contributed by atoms with Gasteiger partial charge in [-0.1, -0.05) is 12.8 Å². The second kappa shape index (κ2) is 3.87. The van der Waals surface area contributed by atoms with E-state index in [4.69, 9.17) is 0 Å². The molecule has 1 aliphatic carbocycles. The maximum atomic E-state index is 11.1. The molecule has 1 heterocycles. The molecule has 0 bridgehead atoms. The van der Waals surface area contributed by atoms with Gasteiger partial charge >= 0.3 is 0 Å². The number of rotatable bonds is 2. The molecule has 0 aromatic carbocycles. The van der Waals surface area contributed by atoms with Gasteiger partial charge in [-0.05, 0) is 12.8 Å². The third-order valence-electron chi connectivity index (χ3n) is 3.17. The summed E-state index contributed by atoms with van der Waals surface area (Å²) in [6.07, 6.45) is 4.03. The van der Waals surface area contributed by atoms with E-state index in [1.807, 2.05) is 0 Å². The number of nitrogens with one attached hydrogen (secondary N) is 1. The van der Waals surface area contributed by atoms with Crippen molar-refractivity contribution in [1.82, 2.24) is 10.2 Å². The van der Waals surface area contributed by atoms with Gasteiger partial charge in [0.1, 0.15) is 0 Å². The highest BCUT2D eigenvalue weighted by molar-refractivity contribution is 5.78. The SMILES string of the molecule is O=C1CN(CC2(O)CCCC2)CCN1. The van der Waals surface area contributed by atoms with Gasteiger partial charge in [0.2, 0.25) is 5.91 Å². The van der Waals surface area contributed by atoms with Gasteiger partial charge in [0, 0.05) is 19.6 Å². The quantitative estimate of drug-likeness (QED) is 0.642. The second-order valence-corrected chi connectivity index (χ2v) is 4.49. The molecule has 2 fully saturated rings. The molecule has 4 heteroatoms. The van der Waals surface area contributed by atoms with Gasteiger partial charge < -0.3 is 10.4 Å². The van der Waals surface area contributed by atoms with Crippen LogP contribution in [-0.2, 0) is 4.79 Å². The summed E-state index contributed by atoms with van der Waals surface area (Å²) < 4.78 is 0. The summed E-state index contributed by atoms with van der Waals surface area (Å²) in [4.78, 5) is 13.2. The molecule has 14 heavy (non-hydrogen) atoms. The molecule has 1 amide bonds. The van der Waals surface area contributed by atoms with Crippen LogP contribution in [0.1, 0.15) is 25.7 Å². The van der Waals surface area contributed by atoms with Gasteiger partial charge in [0.25, 0.3) is 0 Å². The fourth-order valence-corrected chi connectivity index (χ4v) is 2.43. The third kappa shape index (κ3) is 2.25. The first-order valence-electron chi connectivity index (χ1n) is 5.39. The largest absolute Gasteiger partial charge is 0.389 e. The molecule has 2 N–H and O–H groups in total. The fourth-order valence-electron chi connectivity index (χ4n) is 2.43. The van der Waals surface area contributed by atoms with E-state index in [1.54, 1.807) is 0 Å². The number of nitrogens with zero attached hydrogens (tertiary/aromatic N) is 1. The third-order valence-corrected chi connectivity index (χ3v) is 3.17. The Bertz CT molecular complexity index is 224. The minimum absolute atomic E-state index is 0.0813. The lowest BCUT2D eigenvalue weighted by Crippen LogP contribution is -2.52. The van der Waals surface area contributed by atoms with Gasteiger partial charge in [-0.25, -0.2) is 0 Å². The first-order valence-corrected chi connectivity index (χ1v) is 5.39. The van der Waals surface area contributed by atoms with Crippen molar-refractivity contribution in [3.63, 3.8) is 0 Å². The average molecular weight is 198 g/mol. The summed E-state index contributed by atoms with van der Waals surface area (Å²) in [6, 6.07) is 0. The Morgan fingerprint density at radius 2 is 2.14 bits per heavy atom. The number of β-amino-alcohol motifs (C(OH)–C–C–N with tert-alkyl or cyclic N) is 1. The lowest BCUT2D eigenvalue weighted by Gasteiger charge is -2.33. The molecule has 0 unspecified atom stereocenters. The summed E-state index contributed by atoms with van der Waals surface area (Å²) in [5.74, 6) is 0.0813. The smallest absolute Gasteiger partial charge is 0.234 e. The van der Waals surface area contributed by atoms with E-state index in [0.717, 1.165) is 38.8 Å². The summed E-state index contributed by atoms with van der Waals surface area (Å²) >= 11 is 0.